The molecule has 0 saturated carbocycles. The Morgan fingerprint density at radius 2 is 1.84 bits per heavy atom. The van der Waals surface area contributed by atoms with E-state index in [1.54, 1.807) is 24.3 Å². The van der Waals surface area contributed by atoms with Crippen LogP contribution in [-0.4, -0.2) is 39.9 Å². The van der Waals surface area contributed by atoms with E-state index in [1.807, 2.05) is 13.8 Å². The van der Waals surface area contributed by atoms with E-state index in [0.717, 1.165) is 5.56 Å². The van der Waals surface area contributed by atoms with E-state index >= 15 is 0 Å². The Hall–Kier alpha value is -0.950. The number of aliphatic hydroxyl groups excluding tert-OH is 1. The van der Waals surface area contributed by atoms with E-state index in [9.17, 15) is 13.5 Å². The Kier molecular flexibility index (Phi) is 5.93. The summed E-state index contributed by atoms with van der Waals surface area (Å²) in [6, 6.07) is 6.73. The average molecular weight is 287 g/mol. The number of rotatable bonds is 7. The number of aliphatic hydroxyl groups is 1. The molecule has 0 radical (unpaired) electrons. The molecule has 1 rings (SSSR count). The number of methoxy groups -OCH3 is 1. The van der Waals surface area contributed by atoms with Crippen molar-refractivity contribution in [3.05, 3.63) is 29.8 Å². The summed E-state index contributed by atoms with van der Waals surface area (Å²) in [4.78, 5) is 0.196. The van der Waals surface area contributed by atoms with Gasteiger partial charge in [-0.3, -0.25) is 0 Å². The fourth-order valence-electron chi connectivity index (χ4n) is 1.57. The van der Waals surface area contributed by atoms with Crippen molar-refractivity contribution < 1.29 is 18.3 Å². The van der Waals surface area contributed by atoms with Gasteiger partial charge >= 0.3 is 0 Å². The molecule has 0 saturated heterocycles. The number of hydrogen-bond acceptors (Lipinski definition) is 4. The molecular formula is C13H21NO4S. The Morgan fingerprint density at radius 3 is 2.32 bits per heavy atom. The van der Waals surface area contributed by atoms with Gasteiger partial charge in [0.05, 0.1) is 17.6 Å². The molecule has 0 aliphatic carbocycles. The molecule has 0 aliphatic rings. The highest BCUT2D eigenvalue weighted by molar-refractivity contribution is 7.89. The monoisotopic (exact) mass is 287 g/mol. The molecule has 1 atom stereocenters. The van der Waals surface area contributed by atoms with Crippen molar-refractivity contribution >= 4 is 10.0 Å². The molecule has 1 aromatic rings. The summed E-state index contributed by atoms with van der Waals surface area (Å²) >= 11 is 0. The van der Waals surface area contributed by atoms with E-state index in [0.29, 0.717) is 5.92 Å². The van der Waals surface area contributed by atoms with Crippen molar-refractivity contribution in [2.24, 2.45) is 0 Å². The van der Waals surface area contributed by atoms with Gasteiger partial charge in [-0.05, 0) is 23.6 Å². The molecular weight excluding hydrogens is 266 g/mol. The van der Waals surface area contributed by atoms with Crippen LogP contribution >= 0.6 is 0 Å². The highest BCUT2D eigenvalue weighted by Crippen LogP contribution is 2.17. The molecule has 0 bridgehead atoms. The zero-order valence-electron chi connectivity index (χ0n) is 11.5. The lowest BCUT2D eigenvalue weighted by Crippen LogP contribution is -2.34. The van der Waals surface area contributed by atoms with Crippen LogP contribution in [0.15, 0.2) is 29.2 Å². The Bertz CT molecular complexity index is 482. The summed E-state index contributed by atoms with van der Waals surface area (Å²) < 4.78 is 31.0. The number of ether oxygens (including phenoxy) is 1. The molecule has 1 unspecified atom stereocenters. The first-order chi connectivity index (χ1) is 8.86. The molecule has 0 aromatic heterocycles. The van der Waals surface area contributed by atoms with Crippen molar-refractivity contribution in [2.75, 3.05) is 20.3 Å². The third kappa shape index (κ3) is 4.91. The number of sulfonamides is 1. The van der Waals surface area contributed by atoms with Crippen molar-refractivity contribution in [3.63, 3.8) is 0 Å². The van der Waals surface area contributed by atoms with Crippen molar-refractivity contribution in [1.29, 1.82) is 0 Å². The van der Waals surface area contributed by atoms with Gasteiger partial charge < -0.3 is 9.84 Å². The topological polar surface area (TPSA) is 75.6 Å². The SMILES string of the molecule is COCC(O)CNS(=O)(=O)c1ccc(C(C)C)cc1. The summed E-state index contributed by atoms with van der Waals surface area (Å²) in [5, 5.41) is 9.42. The predicted octanol–water partition coefficient (Wildman–Crippen LogP) is 1.10. The second-order valence-corrected chi connectivity index (χ2v) is 6.45. The molecule has 0 amide bonds. The van der Waals surface area contributed by atoms with Crippen LogP contribution < -0.4 is 4.72 Å². The van der Waals surface area contributed by atoms with Gasteiger partial charge in [0.15, 0.2) is 0 Å². The van der Waals surface area contributed by atoms with E-state index in [2.05, 4.69) is 4.72 Å². The average Bonchev–Trinajstić information content (AvgIpc) is 2.37. The molecule has 0 heterocycles. The molecule has 6 heteroatoms. The van der Waals surface area contributed by atoms with Gasteiger partial charge in [-0.2, -0.15) is 0 Å². The summed E-state index contributed by atoms with van der Waals surface area (Å²) in [6.45, 7) is 4.11. The summed E-state index contributed by atoms with van der Waals surface area (Å²) in [6.07, 6.45) is -0.852. The Morgan fingerprint density at radius 1 is 1.26 bits per heavy atom. The van der Waals surface area contributed by atoms with E-state index in [1.165, 1.54) is 7.11 Å². The highest BCUT2D eigenvalue weighted by Gasteiger charge is 2.15. The molecule has 0 fully saturated rings. The van der Waals surface area contributed by atoms with Crippen LogP contribution in [-0.2, 0) is 14.8 Å². The van der Waals surface area contributed by atoms with Gasteiger partial charge in [0.2, 0.25) is 10.0 Å². The maximum atomic E-state index is 12.0. The second kappa shape index (κ2) is 7.00. The van der Waals surface area contributed by atoms with E-state index in [-0.39, 0.29) is 18.0 Å². The van der Waals surface area contributed by atoms with Crippen molar-refractivity contribution in [3.8, 4) is 0 Å². The first kappa shape index (κ1) is 16.1. The predicted molar refractivity (Wildman–Crippen MR) is 73.6 cm³/mol. The normalized spacial score (nSPS) is 13.7. The van der Waals surface area contributed by atoms with Crippen LogP contribution in [0.1, 0.15) is 25.3 Å². The van der Waals surface area contributed by atoms with E-state index < -0.39 is 16.1 Å². The van der Waals surface area contributed by atoms with Crippen LogP contribution in [0.25, 0.3) is 0 Å². The molecule has 5 nitrogen and oxygen atoms in total. The van der Waals surface area contributed by atoms with Gasteiger partial charge in [0.1, 0.15) is 0 Å². The third-order valence-electron chi connectivity index (χ3n) is 2.73. The zero-order valence-corrected chi connectivity index (χ0v) is 12.3. The second-order valence-electron chi connectivity index (χ2n) is 4.68. The van der Waals surface area contributed by atoms with Crippen LogP contribution in [0.3, 0.4) is 0 Å². The Labute approximate surface area is 114 Å². The minimum absolute atomic E-state index is 0.0674. The fourth-order valence-corrected chi connectivity index (χ4v) is 2.65. The highest BCUT2D eigenvalue weighted by atomic mass is 32.2. The molecule has 1 aromatic carbocycles. The van der Waals surface area contributed by atoms with Gasteiger partial charge in [-0.25, -0.2) is 13.1 Å². The summed E-state index contributed by atoms with van der Waals surface area (Å²) in [7, 11) is -2.13. The standard InChI is InChI=1S/C13H21NO4S/c1-10(2)11-4-6-13(7-5-11)19(16,17)14-8-12(15)9-18-3/h4-7,10,12,14-15H,8-9H2,1-3H3. The summed E-state index contributed by atoms with van der Waals surface area (Å²) in [5.74, 6) is 0.355. The van der Waals surface area contributed by atoms with Crippen LogP contribution in [0.5, 0.6) is 0 Å². The molecule has 19 heavy (non-hydrogen) atoms. The molecule has 0 aliphatic heterocycles. The lowest BCUT2D eigenvalue weighted by Gasteiger charge is -2.12. The van der Waals surface area contributed by atoms with E-state index in [4.69, 9.17) is 4.74 Å². The minimum Gasteiger partial charge on any atom is -0.389 e. The Balaban J connectivity index is 2.72. The molecule has 108 valence electrons. The van der Waals surface area contributed by atoms with Crippen LogP contribution in [0.4, 0.5) is 0 Å². The number of hydrogen-bond donors (Lipinski definition) is 2. The van der Waals surface area contributed by atoms with Gasteiger partial charge in [0.25, 0.3) is 0 Å². The first-order valence-corrected chi connectivity index (χ1v) is 7.61. The first-order valence-electron chi connectivity index (χ1n) is 6.13. The van der Waals surface area contributed by atoms with Crippen LogP contribution in [0, 0.1) is 0 Å². The summed E-state index contributed by atoms with van der Waals surface area (Å²) in [5.41, 5.74) is 1.08. The maximum Gasteiger partial charge on any atom is 0.240 e. The number of nitrogens with one attached hydrogen (secondary N) is 1. The minimum atomic E-state index is -3.58. The molecule has 2 N–H and O–H groups in total. The third-order valence-corrected chi connectivity index (χ3v) is 4.16. The maximum absolute atomic E-state index is 12.0. The number of benzene rings is 1. The fraction of sp³-hybridized carbons (Fsp3) is 0.538. The van der Waals surface area contributed by atoms with Gasteiger partial charge in [-0.1, -0.05) is 26.0 Å². The zero-order chi connectivity index (χ0) is 14.5. The van der Waals surface area contributed by atoms with Gasteiger partial charge in [0, 0.05) is 13.7 Å². The van der Waals surface area contributed by atoms with Crippen molar-refractivity contribution in [1.82, 2.24) is 4.72 Å². The van der Waals surface area contributed by atoms with Gasteiger partial charge in [-0.15, -0.1) is 0 Å². The van der Waals surface area contributed by atoms with Crippen molar-refractivity contribution in [2.45, 2.75) is 30.8 Å². The quantitative estimate of drug-likeness (QED) is 0.787. The van der Waals surface area contributed by atoms with Crippen LogP contribution in [0.2, 0.25) is 0 Å². The lowest BCUT2D eigenvalue weighted by molar-refractivity contribution is 0.0679. The smallest absolute Gasteiger partial charge is 0.240 e. The molecule has 0 spiro atoms. The lowest BCUT2D eigenvalue weighted by atomic mass is 10.0. The largest absolute Gasteiger partial charge is 0.389 e.